The lowest BCUT2D eigenvalue weighted by atomic mass is 10.0. The first-order valence-electron chi connectivity index (χ1n) is 8.70. The van der Waals surface area contributed by atoms with E-state index in [2.05, 4.69) is 25.6 Å². The second-order valence-electron chi connectivity index (χ2n) is 6.71. The Kier molecular flexibility index (Phi) is 4.46. The van der Waals surface area contributed by atoms with Gasteiger partial charge >= 0.3 is 0 Å². The predicted octanol–water partition coefficient (Wildman–Crippen LogP) is 1.10. The third-order valence-electron chi connectivity index (χ3n) is 4.71. The summed E-state index contributed by atoms with van der Waals surface area (Å²) in [6.07, 6.45) is 2.65. The summed E-state index contributed by atoms with van der Waals surface area (Å²) in [5.74, 6) is -0.210. The molecule has 0 aromatic carbocycles. The van der Waals surface area contributed by atoms with Gasteiger partial charge in [0.15, 0.2) is 0 Å². The largest absolute Gasteiger partial charge is 0.349 e. The summed E-state index contributed by atoms with van der Waals surface area (Å²) in [5, 5.41) is 5.66. The number of carbonyl (C=O) groups excluding carboxylic acids is 1. The molecule has 26 heavy (non-hydrogen) atoms. The smallest absolute Gasteiger partial charge is 0.226 e. The standard InChI is InChI=1S/C19H20FN5O/c1-11-4-12(2-3-22-11)19-15-8-23-14(5-13(15)7-24-19)6-18(26)25-17-10-21-9-16(17)20/h2-5,8,16-17,21H,6-7,9-10H2,1H3,(H,25,26)/t16-,17-/m1/s1. The zero-order chi connectivity index (χ0) is 18.1. The van der Waals surface area contributed by atoms with Crippen LogP contribution in [0.15, 0.2) is 35.6 Å². The third-order valence-corrected chi connectivity index (χ3v) is 4.71. The van der Waals surface area contributed by atoms with E-state index in [1.165, 1.54) is 0 Å². The highest BCUT2D eigenvalue weighted by molar-refractivity contribution is 6.15. The summed E-state index contributed by atoms with van der Waals surface area (Å²) in [4.78, 5) is 25.4. The molecule has 0 spiro atoms. The number of aromatic nitrogens is 2. The molecule has 2 N–H and O–H groups in total. The second-order valence-corrected chi connectivity index (χ2v) is 6.71. The van der Waals surface area contributed by atoms with Crippen LogP contribution in [0.2, 0.25) is 0 Å². The number of pyridine rings is 2. The van der Waals surface area contributed by atoms with E-state index in [1.807, 2.05) is 25.1 Å². The molecule has 2 aromatic heterocycles. The number of rotatable bonds is 4. The van der Waals surface area contributed by atoms with E-state index in [9.17, 15) is 9.18 Å². The minimum absolute atomic E-state index is 0.139. The normalized spacial score (nSPS) is 21.4. The van der Waals surface area contributed by atoms with E-state index < -0.39 is 12.2 Å². The van der Waals surface area contributed by atoms with Crippen LogP contribution in [0.5, 0.6) is 0 Å². The van der Waals surface area contributed by atoms with Crippen LogP contribution in [0, 0.1) is 6.92 Å². The average Bonchev–Trinajstić information content (AvgIpc) is 3.21. The second kappa shape index (κ2) is 6.92. The fourth-order valence-corrected chi connectivity index (χ4v) is 3.39. The summed E-state index contributed by atoms with van der Waals surface area (Å²) in [7, 11) is 0. The Balaban J connectivity index is 1.46. The topological polar surface area (TPSA) is 79.3 Å². The summed E-state index contributed by atoms with van der Waals surface area (Å²) < 4.78 is 13.6. The summed E-state index contributed by atoms with van der Waals surface area (Å²) in [5.41, 5.74) is 5.58. The first-order chi connectivity index (χ1) is 12.6. The maximum atomic E-state index is 13.6. The highest BCUT2D eigenvalue weighted by atomic mass is 19.1. The Labute approximate surface area is 151 Å². The molecule has 2 aliphatic rings. The van der Waals surface area contributed by atoms with Gasteiger partial charge in [0.1, 0.15) is 6.17 Å². The quantitative estimate of drug-likeness (QED) is 0.863. The van der Waals surface area contributed by atoms with Gasteiger partial charge in [-0.2, -0.15) is 0 Å². The van der Waals surface area contributed by atoms with E-state index in [4.69, 9.17) is 0 Å². The van der Waals surface area contributed by atoms with Gasteiger partial charge in [0.05, 0.1) is 30.4 Å². The van der Waals surface area contributed by atoms with Crippen molar-refractivity contribution < 1.29 is 9.18 Å². The van der Waals surface area contributed by atoms with Crippen LogP contribution in [0.1, 0.15) is 28.1 Å². The van der Waals surface area contributed by atoms with Gasteiger partial charge in [-0.15, -0.1) is 0 Å². The van der Waals surface area contributed by atoms with E-state index in [1.54, 1.807) is 12.4 Å². The molecule has 1 fully saturated rings. The van der Waals surface area contributed by atoms with Gasteiger partial charge < -0.3 is 10.6 Å². The van der Waals surface area contributed by atoms with Crippen molar-refractivity contribution in [1.29, 1.82) is 0 Å². The molecule has 6 nitrogen and oxygen atoms in total. The molecular weight excluding hydrogens is 333 g/mol. The number of amides is 1. The molecule has 134 valence electrons. The Hall–Kier alpha value is -2.67. The van der Waals surface area contributed by atoms with E-state index in [0.717, 1.165) is 28.1 Å². The molecule has 4 rings (SSSR count). The van der Waals surface area contributed by atoms with Crippen LogP contribution < -0.4 is 10.6 Å². The van der Waals surface area contributed by atoms with Crippen LogP contribution in [0.3, 0.4) is 0 Å². The van der Waals surface area contributed by atoms with E-state index in [-0.39, 0.29) is 18.9 Å². The fraction of sp³-hybridized carbons (Fsp3) is 0.368. The number of aliphatic imine (C=N–C) groups is 1. The molecule has 0 bridgehead atoms. The van der Waals surface area contributed by atoms with Crippen molar-refractivity contribution in [2.24, 2.45) is 4.99 Å². The third kappa shape index (κ3) is 3.35. The average molecular weight is 353 g/mol. The number of hydrogen-bond acceptors (Lipinski definition) is 5. The van der Waals surface area contributed by atoms with Crippen molar-refractivity contribution in [2.45, 2.75) is 32.1 Å². The molecule has 0 aliphatic carbocycles. The van der Waals surface area contributed by atoms with Crippen molar-refractivity contribution in [1.82, 2.24) is 20.6 Å². The minimum Gasteiger partial charge on any atom is -0.349 e. The van der Waals surface area contributed by atoms with Gasteiger partial charge in [-0.3, -0.25) is 19.8 Å². The number of halogens is 1. The van der Waals surface area contributed by atoms with Gasteiger partial charge in [-0.1, -0.05) is 0 Å². The lowest BCUT2D eigenvalue weighted by molar-refractivity contribution is -0.121. The lowest BCUT2D eigenvalue weighted by Gasteiger charge is -2.14. The van der Waals surface area contributed by atoms with Gasteiger partial charge in [0, 0.05) is 42.3 Å². The Morgan fingerprint density at radius 1 is 1.35 bits per heavy atom. The molecule has 0 saturated carbocycles. The van der Waals surface area contributed by atoms with Crippen LogP contribution in [0.25, 0.3) is 0 Å². The first-order valence-corrected chi connectivity index (χ1v) is 8.70. The number of fused-ring (bicyclic) bond motifs is 1. The Morgan fingerprint density at radius 3 is 3.00 bits per heavy atom. The minimum atomic E-state index is -1.04. The number of hydrogen-bond donors (Lipinski definition) is 2. The van der Waals surface area contributed by atoms with Gasteiger partial charge in [0.2, 0.25) is 5.91 Å². The SMILES string of the molecule is Cc1cc(C2=NCc3cc(CC(=O)N[C@@H]4CNC[C@H]4F)ncc32)ccn1. The van der Waals surface area contributed by atoms with Crippen LogP contribution in [-0.2, 0) is 17.8 Å². The molecule has 1 saturated heterocycles. The van der Waals surface area contributed by atoms with Crippen molar-refractivity contribution in [3.8, 4) is 0 Å². The molecule has 2 aliphatic heterocycles. The monoisotopic (exact) mass is 353 g/mol. The molecule has 4 heterocycles. The summed E-state index contributed by atoms with van der Waals surface area (Å²) in [6.45, 7) is 3.27. The number of nitrogens with one attached hydrogen (secondary N) is 2. The zero-order valence-corrected chi connectivity index (χ0v) is 14.5. The van der Waals surface area contributed by atoms with Crippen molar-refractivity contribution in [3.05, 3.63) is 58.7 Å². The van der Waals surface area contributed by atoms with Gasteiger partial charge in [-0.25, -0.2) is 4.39 Å². The molecule has 2 aromatic rings. The van der Waals surface area contributed by atoms with Crippen LogP contribution in [0.4, 0.5) is 4.39 Å². The number of alkyl halides is 1. The lowest BCUT2D eigenvalue weighted by Crippen LogP contribution is -2.42. The maximum absolute atomic E-state index is 13.6. The predicted molar refractivity (Wildman–Crippen MR) is 96.0 cm³/mol. The first kappa shape index (κ1) is 16.8. The van der Waals surface area contributed by atoms with Crippen molar-refractivity contribution in [2.75, 3.05) is 13.1 Å². The van der Waals surface area contributed by atoms with Crippen LogP contribution >= 0.6 is 0 Å². The van der Waals surface area contributed by atoms with Crippen molar-refractivity contribution in [3.63, 3.8) is 0 Å². The number of carbonyl (C=O) groups is 1. The van der Waals surface area contributed by atoms with E-state index in [0.29, 0.717) is 18.8 Å². The molecular formula is C19H20FN5O. The molecule has 2 atom stereocenters. The highest BCUT2D eigenvalue weighted by Gasteiger charge is 2.28. The van der Waals surface area contributed by atoms with Gasteiger partial charge in [-0.05, 0) is 30.7 Å². The zero-order valence-electron chi connectivity index (χ0n) is 14.5. The molecule has 7 heteroatoms. The molecule has 0 unspecified atom stereocenters. The Bertz CT molecular complexity index is 882. The highest BCUT2D eigenvalue weighted by Crippen LogP contribution is 2.23. The molecule has 0 radical (unpaired) electrons. The summed E-state index contributed by atoms with van der Waals surface area (Å²) in [6, 6.07) is 5.39. The van der Waals surface area contributed by atoms with Crippen LogP contribution in [-0.4, -0.2) is 46.9 Å². The molecule has 1 amide bonds. The maximum Gasteiger partial charge on any atom is 0.226 e. The van der Waals surface area contributed by atoms with Gasteiger partial charge in [0.25, 0.3) is 0 Å². The summed E-state index contributed by atoms with van der Waals surface area (Å²) >= 11 is 0. The number of nitrogens with zero attached hydrogens (tertiary/aromatic N) is 3. The fourth-order valence-electron chi connectivity index (χ4n) is 3.39. The Morgan fingerprint density at radius 2 is 2.23 bits per heavy atom. The van der Waals surface area contributed by atoms with E-state index >= 15 is 0 Å². The van der Waals surface area contributed by atoms with Crippen molar-refractivity contribution >= 4 is 11.6 Å². The number of aryl methyl sites for hydroxylation is 1.